The maximum atomic E-state index is 4.96. The maximum absolute atomic E-state index is 4.96. The molecule has 0 saturated carbocycles. The second-order valence-corrected chi connectivity index (χ2v) is 11.6. The third-order valence-corrected chi connectivity index (χ3v) is 8.59. The summed E-state index contributed by atoms with van der Waals surface area (Å²) in [4.78, 5) is 4.96. The Labute approximate surface area is 234 Å². The molecule has 0 saturated heterocycles. The number of aryl methyl sites for hydroxylation is 1. The number of imidazole rings is 1. The zero-order valence-corrected chi connectivity index (χ0v) is 24.7. The van der Waals surface area contributed by atoms with Crippen LogP contribution in [-0.4, -0.2) is 9.55 Å². The first-order valence-corrected chi connectivity index (χ1v) is 15.8. The van der Waals surface area contributed by atoms with E-state index in [9.17, 15) is 0 Å². The quantitative estimate of drug-likeness (QED) is 0.137. The summed E-state index contributed by atoms with van der Waals surface area (Å²) in [5.41, 5.74) is 2.79. The molecule has 0 aliphatic rings. The Morgan fingerprint density at radius 2 is 1.21 bits per heavy atom. The normalized spacial score (nSPS) is 13.9. The lowest BCUT2D eigenvalue weighted by Gasteiger charge is -2.38. The van der Waals surface area contributed by atoms with Crippen LogP contribution in [0.2, 0.25) is 0 Å². The van der Waals surface area contributed by atoms with E-state index in [1.165, 1.54) is 100 Å². The summed E-state index contributed by atoms with van der Waals surface area (Å²) in [5, 5.41) is 0. The summed E-state index contributed by atoms with van der Waals surface area (Å²) < 4.78 is 2.46. The summed E-state index contributed by atoms with van der Waals surface area (Å²) in [6, 6.07) is 22.1. The highest BCUT2D eigenvalue weighted by Gasteiger charge is 2.38. The molecule has 0 aliphatic heterocycles. The summed E-state index contributed by atoms with van der Waals surface area (Å²) in [7, 11) is 0. The third kappa shape index (κ3) is 9.44. The van der Waals surface area contributed by atoms with Crippen LogP contribution in [0.3, 0.4) is 0 Å². The third-order valence-electron chi connectivity index (χ3n) is 8.59. The topological polar surface area (TPSA) is 17.8 Å². The van der Waals surface area contributed by atoms with Crippen LogP contribution in [-0.2, 0) is 18.4 Å². The van der Waals surface area contributed by atoms with Gasteiger partial charge >= 0.3 is 0 Å². The van der Waals surface area contributed by atoms with Gasteiger partial charge in [0.2, 0.25) is 0 Å². The molecule has 1 aromatic heterocycles. The Morgan fingerprint density at radius 3 is 1.76 bits per heavy atom. The molecule has 0 bridgehead atoms. The van der Waals surface area contributed by atoms with Crippen molar-refractivity contribution in [1.82, 2.24) is 9.55 Å². The number of rotatable bonds is 20. The second kappa shape index (κ2) is 17.3. The molecule has 2 unspecified atom stereocenters. The van der Waals surface area contributed by atoms with Crippen LogP contribution in [0, 0.1) is 0 Å². The molecule has 1 heterocycles. The molecule has 2 atom stereocenters. The van der Waals surface area contributed by atoms with Gasteiger partial charge in [0, 0.05) is 30.3 Å². The van der Waals surface area contributed by atoms with Gasteiger partial charge in [0.1, 0.15) is 5.82 Å². The predicted molar refractivity (Wildman–Crippen MR) is 165 cm³/mol. The molecular weight excluding hydrogens is 460 g/mol. The zero-order valence-electron chi connectivity index (χ0n) is 24.7. The molecule has 208 valence electrons. The van der Waals surface area contributed by atoms with Crippen LogP contribution >= 0.6 is 0 Å². The van der Waals surface area contributed by atoms with Gasteiger partial charge in [-0.3, -0.25) is 0 Å². The molecule has 38 heavy (non-hydrogen) atoms. The number of benzene rings is 2. The van der Waals surface area contributed by atoms with Gasteiger partial charge in [-0.15, -0.1) is 0 Å². The second-order valence-electron chi connectivity index (χ2n) is 11.6. The van der Waals surface area contributed by atoms with Crippen molar-refractivity contribution in [3.8, 4) is 0 Å². The van der Waals surface area contributed by atoms with Crippen LogP contribution in [0.4, 0.5) is 0 Å². The minimum Gasteiger partial charge on any atom is -0.335 e. The van der Waals surface area contributed by atoms with Crippen molar-refractivity contribution in [2.24, 2.45) is 0 Å². The summed E-state index contributed by atoms with van der Waals surface area (Å²) in [5.74, 6) is 1.62. The number of hydrogen-bond acceptors (Lipinski definition) is 1. The smallest absolute Gasteiger partial charge is 0.112 e. The Balaban J connectivity index is 1.50. The van der Waals surface area contributed by atoms with Gasteiger partial charge in [0.05, 0.1) is 0 Å². The molecule has 2 nitrogen and oxygen atoms in total. The number of aromatic nitrogens is 2. The fraction of sp³-hybridized carbons (Fsp3) is 0.583. The Kier molecular flexibility index (Phi) is 13.7. The van der Waals surface area contributed by atoms with Gasteiger partial charge in [-0.2, -0.15) is 0 Å². The lowest BCUT2D eigenvalue weighted by Crippen LogP contribution is -2.34. The molecule has 0 spiro atoms. The van der Waals surface area contributed by atoms with Crippen molar-refractivity contribution in [3.63, 3.8) is 0 Å². The average molecular weight is 515 g/mol. The number of hydrogen-bond donors (Lipinski definition) is 0. The van der Waals surface area contributed by atoms with Crippen LogP contribution in [0.15, 0.2) is 73.1 Å². The van der Waals surface area contributed by atoms with E-state index in [1.807, 2.05) is 6.20 Å². The van der Waals surface area contributed by atoms with Gasteiger partial charge in [-0.25, -0.2) is 4.98 Å². The van der Waals surface area contributed by atoms with Gasteiger partial charge < -0.3 is 4.57 Å². The van der Waals surface area contributed by atoms with Gasteiger partial charge in [0.15, 0.2) is 0 Å². The van der Waals surface area contributed by atoms with E-state index in [1.54, 1.807) is 0 Å². The first-order valence-electron chi connectivity index (χ1n) is 15.8. The molecule has 3 aromatic rings. The fourth-order valence-electron chi connectivity index (χ4n) is 6.30. The minimum atomic E-state index is -0.0174. The van der Waals surface area contributed by atoms with Crippen LogP contribution < -0.4 is 0 Å². The molecule has 0 aliphatic carbocycles. The molecular formula is C36H54N2. The number of unbranched alkanes of at least 4 members (excludes halogenated alkanes) is 12. The monoisotopic (exact) mass is 514 g/mol. The predicted octanol–water partition coefficient (Wildman–Crippen LogP) is 10.7. The molecule has 3 rings (SSSR count). The lowest BCUT2D eigenvalue weighted by molar-refractivity contribution is 0.338. The largest absolute Gasteiger partial charge is 0.335 e. The van der Waals surface area contributed by atoms with E-state index in [4.69, 9.17) is 4.98 Å². The zero-order chi connectivity index (χ0) is 26.9. The van der Waals surface area contributed by atoms with E-state index in [0.29, 0.717) is 5.92 Å². The Hall–Kier alpha value is -2.35. The first-order chi connectivity index (χ1) is 18.7. The van der Waals surface area contributed by atoms with E-state index in [0.717, 1.165) is 19.4 Å². The number of nitrogens with zero attached hydrogens (tertiary/aromatic N) is 2. The minimum absolute atomic E-state index is 0.0174. The van der Waals surface area contributed by atoms with Crippen molar-refractivity contribution < 1.29 is 0 Å². The summed E-state index contributed by atoms with van der Waals surface area (Å²) in [6.07, 6.45) is 24.5. The van der Waals surface area contributed by atoms with Gasteiger partial charge in [0.25, 0.3) is 0 Å². The van der Waals surface area contributed by atoms with Crippen LogP contribution in [0.5, 0.6) is 0 Å². The average Bonchev–Trinajstić information content (AvgIpc) is 3.40. The van der Waals surface area contributed by atoms with Crippen molar-refractivity contribution in [2.75, 3.05) is 0 Å². The van der Waals surface area contributed by atoms with Crippen LogP contribution in [0.1, 0.15) is 134 Å². The fourth-order valence-corrected chi connectivity index (χ4v) is 6.30. The highest BCUT2D eigenvalue weighted by atomic mass is 15.1. The molecule has 0 radical (unpaired) electrons. The highest BCUT2D eigenvalue weighted by Crippen LogP contribution is 2.43. The SMILES string of the molecule is CCCCCCCCCCCCCCCn1ccnc1C(CC)C(C)(Cc1ccccc1)c1ccccc1. The highest BCUT2D eigenvalue weighted by molar-refractivity contribution is 5.33. The standard InChI is InChI=1S/C36H54N2/c1-4-6-7-8-9-10-11-12-13-14-15-16-23-29-38-30-28-37-35(38)34(5-2)36(3,33-26-21-18-22-27-33)31-32-24-19-17-20-25-32/h17-22,24-28,30,34H,4-16,23,29,31H2,1-3H3. The first kappa shape index (κ1) is 30.2. The molecule has 2 aromatic carbocycles. The van der Waals surface area contributed by atoms with E-state index in [-0.39, 0.29) is 5.41 Å². The van der Waals surface area contributed by atoms with E-state index >= 15 is 0 Å². The van der Waals surface area contributed by atoms with E-state index < -0.39 is 0 Å². The van der Waals surface area contributed by atoms with Crippen molar-refractivity contribution >= 4 is 0 Å². The molecule has 0 N–H and O–H groups in total. The molecule has 2 heteroatoms. The van der Waals surface area contributed by atoms with Crippen molar-refractivity contribution in [3.05, 3.63) is 90.0 Å². The van der Waals surface area contributed by atoms with Crippen LogP contribution in [0.25, 0.3) is 0 Å². The summed E-state index contributed by atoms with van der Waals surface area (Å²) >= 11 is 0. The van der Waals surface area contributed by atoms with Crippen molar-refractivity contribution in [2.45, 2.75) is 135 Å². The summed E-state index contributed by atoms with van der Waals surface area (Å²) in [6.45, 7) is 8.17. The lowest BCUT2D eigenvalue weighted by atomic mass is 9.66. The Bertz CT molecular complexity index is 977. The maximum Gasteiger partial charge on any atom is 0.112 e. The van der Waals surface area contributed by atoms with Crippen molar-refractivity contribution in [1.29, 1.82) is 0 Å². The Morgan fingerprint density at radius 1 is 0.684 bits per heavy atom. The van der Waals surface area contributed by atoms with E-state index in [2.05, 4.69) is 92.2 Å². The molecule has 0 fully saturated rings. The molecule has 0 amide bonds. The van der Waals surface area contributed by atoms with Gasteiger partial charge in [-0.05, 0) is 30.4 Å². The van der Waals surface area contributed by atoms with Gasteiger partial charge in [-0.1, -0.05) is 158 Å².